The van der Waals surface area contributed by atoms with Gasteiger partial charge >= 0.3 is 0 Å². The number of aliphatic imine (C=N–C) groups is 1. The van der Waals surface area contributed by atoms with Gasteiger partial charge in [-0.1, -0.05) is 13.5 Å². The van der Waals surface area contributed by atoms with Crippen molar-refractivity contribution in [1.29, 1.82) is 0 Å². The third-order valence-corrected chi connectivity index (χ3v) is 4.46. The van der Waals surface area contributed by atoms with Gasteiger partial charge < -0.3 is 16.2 Å². The first-order valence-corrected chi connectivity index (χ1v) is 8.30. The minimum absolute atomic E-state index is 0.334. The first-order chi connectivity index (χ1) is 11.5. The summed E-state index contributed by atoms with van der Waals surface area (Å²) in [5.41, 5.74) is 15.9. The third-order valence-electron chi connectivity index (χ3n) is 4.46. The molecule has 1 aromatic rings. The van der Waals surface area contributed by atoms with Crippen LogP contribution in [0.1, 0.15) is 37.3 Å². The zero-order chi connectivity index (χ0) is 17.7. The molecule has 130 valence electrons. The second kappa shape index (κ2) is 8.11. The number of nitrogens with two attached hydrogens (primary N) is 2. The van der Waals surface area contributed by atoms with Crippen molar-refractivity contribution in [2.45, 2.75) is 33.1 Å². The van der Waals surface area contributed by atoms with Gasteiger partial charge in [0.25, 0.3) is 0 Å². The summed E-state index contributed by atoms with van der Waals surface area (Å²) in [7, 11) is 0. The maximum Gasteiger partial charge on any atom is 0.126 e. The predicted molar refractivity (Wildman–Crippen MR) is 97.6 cm³/mol. The van der Waals surface area contributed by atoms with Gasteiger partial charge in [-0.3, -0.25) is 4.99 Å². The Bertz CT molecular complexity index is 673. The Morgan fingerprint density at radius 3 is 2.62 bits per heavy atom. The van der Waals surface area contributed by atoms with E-state index in [1.165, 1.54) is 12.1 Å². The summed E-state index contributed by atoms with van der Waals surface area (Å²) in [5.74, 6) is -0.0407. The zero-order valence-corrected chi connectivity index (χ0v) is 14.4. The van der Waals surface area contributed by atoms with Crippen LogP contribution in [0.3, 0.4) is 0 Å². The lowest BCUT2D eigenvalue weighted by Crippen LogP contribution is -2.22. The van der Waals surface area contributed by atoms with E-state index in [0.29, 0.717) is 22.9 Å². The number of benzene rings is 1. The summed E-state index contributed by atoms with van der Waals surface area (Å²) in [4.78, 5) is 4.72. The van der Waals surface area contributed by atoms with Crippen molar-refractivity contribution in [2.24, 2.45) is 22.4 Å². The van der Waals surface area contributed by atoms with Crippen molar-refractivity contribution in [3.8, 4) is 0 Å². The van der Waals surface area contributed by atoms with Crippen molar-refractivity contribution in [3.05, 3.63) is 47.4 Å². The summed E-state index contributed by atoms with van der Waals surface area (Å²) in [6, 6.07) is 2.82. The van der Waals surface area contributed by atoms with Gasteiger partial charge in [-0.15, -0.1) is 0 Å². The van der Waals surface area contributed by atoms with Gasteiger partial charge in [0.05, 0.1) is 5.69 Å². The Morgan fingerprint density at radius 2 is 2.08 bits per heavy atom. The molecule has 0 aliphatic carbocycles. The summed E-state index contributed by atoms with van der Waals surface area (Å²) >= 11 is 0. The second-order valence-corrected chi connectivity index (χ2v) is 6.04. The Balaban J connectivity index is 2.44. The SMILES string of the molecule is C=C(N)c1cc(F)cc(N=C(CC)C(=CN)C2CCOCC2)c1C. The molecular formula is C19H26FN3O. The zero-order valence-electron chi connectivity index (χ0n) is 14.4. The highest BCUT2D eigenvalue weighted by Gasteiger charge is 2.21. The maximum absolute atomic E-state index is 13.9. The quantitative estimate of drug-likeness (QED) is 0.806. The lowest BCUT2D eigenvalue weighted by molar-refractivity contribution is 0.0770. The molecule has 0 saturated carbocycles. The molecule has 1 saturated heterocycles. The molecule has 4 N–H and O–H groups in total. The lowest BCUT2D eigenvalue weighted by atomic mass is 9.88. The molecule has 0 radical (unpaired) electrons. The fraction of sp³-hybridized carbons (Fsp3) is 0.421. The fourth-order valence-corrected chi connectivity index (χ4v) is 3.08. The van der Waals surface area contributed by atoms with Crippen LogP contribution in [0.25, 0.3) is 5.70 Å². The highest BCUT2D eigenvalue weighted by Crippen LogP contribution is 2.30. The number of allylic oxidation sites excluding steroid dienone is 1. The minimum Gasteiger partial charge on any atom is -0.404 e. The predicted octanol–water partition coefficient (Wildman–Crippen LogP) is 3.82. The molecular weight excluding hydrogens is 305 g/mol. The van der Waals surface area contributed by atoms with Gasteiger partial charge in [0.1, 0.15) is 5.82 Å². The molecule has 0 aromatic heterocycles. The van der Waals surface area contributed by atoms with E-state index in [0.717, 1.165) is 49.3 Å². The summed E-state index contributed by atoms with van der Waals surface area (Å²) in [6.07, 6.45) is 4.20. The van der Waals surface area contributed by atoms with Gasteiger partial charge in [-0.25, -0.2) is 4.39 Å². The molecule has 2 rings (SSSR count). The van der Waals surface area contributed by atoms with Crippen LogP contribution >= 0.6 is 0 Å². The Labute approximate surface area is 143 Å². The van der Waals surface area contributed by atoms with E-state index in [-0.39, 0.29) is 5.82 Å². The summed E-state index contributed by atoms with van der Waals surface area (Å²) < 4.78 is 19.4. The Morgan fingerprint density at radius 1 is 1.42 bits per heavy atom. The number of hydrogen-bond acceptors (Lipinski definition) is 4. The number of hydrogen-bond donors (Lipinski definition) is 2. The molecule has 0 bridgehead atoms. The third kappa shape index (κ3) is 4.03. The molecule has 4 nitrogen and oxygen atoms in total. The van der Waals surface area contributed by atoms with E-state index >= 15 is 0 Å². The van der Waals surface area contributed by atoms with E-state index in [2.05, 4.69) is 6.58 Å². The van der Waals surface area contributed by atoms with E-state index in [9.17, 15) is 4.39 Å². The number of nitrogens with zero attached hydrogens (tertiary/aromatic N) is 1. The second-order valence-electron chi connectivity index (χ2n) is 6.04. The Kier molecular flexibility index (Phi) is 6.15. The lowest BCUT2D eigenvalue weighted by Gasteiger charge is -2.25. The minimum atomic E-state index is -0.374. The van der Waals surface area contributed by atoms with Gasteiger partial charge in [-0.2, -0.15) is 0 Å². The van der Waals surface area contributed by atoms with Crippen molar-refractivity contribution in [3.63, 3.8) is 0 Å². The molecule has 1 fully saturated rings. The molecule has 1 aliphatic heterocycles. The first kappa shape index (κ1) is 18.2. The number of ether oxygens (including phenoxy) is 1. The van der Waals surface area contributed by atoms with Gasteiger partial charge in [-0.05, 0) is 61.6 Å². The van der Waals surface area contributed by atoms with E-state index in [1.54, 1.807) is 6.20 Å². The fourth-order valence-electron chi connectivity index (χ4n) is 3.08. The van der Waals surface area contributed by atoms with Crippen LogP contribution < -0.4 is 11.5 Å². The van der Waals surface area contributed by atoms with E-state index in [4.69, 9.17) is 21.2 Å². The summed E-state index contributed by atoms with van der Waals surface area (Å²) in [6.45, 7) is 9.07. The van der Waals surface area contributed by atoms with Gasteiger partial charge in [0, 0.05) is 30.2 Å². The van der Waals surface area contributed by atoms with Crippen LogP contribution in [0.2, 0.25) is 0 Å². The molecule has 0 spiro atoms. The average Bonchev–Trinajstić information content (AvgIpc) is 2.58. The van der Waals surface area contributed by atoms with Crippen LogP contribution in [-0.4, -0.2) is 18.9 Å². The topological polar surface area (TPSA) is 73.6 Å². The summed E-state index contributed by atoms with van der Waals surface area (Å²) in [5, 5.41) is 0. The molecule has 0 amide bonds. The molecule has 1 heterocycles. The molecule has 1 aromatic carbocycles. The van der Waals surface area contributed by atoms with Crippen LogP contribution in [0.4, 0.5) is 10.1 Å². The molecule has 24 heavy (non-hydrogen) atoms. The van der Waals surface area contributed by atoms with Crippen molar-refractivity contribution < 1.29 is 9.13 Å². The van der Waals surface area contributed by atoms with Crippen LogP contribution in [0, 0.1) is 18.7 Å². The number of rotatable bonds is 5. The van der Waals surface area contributed by atoms with Crippen LogP contribution in [0.15, 0.2) is 35.5 Å². The average molecular weight is 331 g/mol. The molecule has 5 heteroatoms. The molecule has 0 atom stereocenters. The van der Waals surface area contributed by atoms with Gasteiger partial charge in [0.15, 0.2) is 0 Å². The molecule has 0 unspecified atom stereocenters. The van der Waals surface area contributed by atoms with Crippen molar-refractivity contribution >= 4 is 17.1 Å². The van der Waals surface area contributed by atoms with Crippen LogP contribution in [0.5, 0.6) is 0 Å². The normalized spacial score (nSPS) is 17.1. The molecule has 1 aliphatic rings. The standard InChI is InChI=1S/C19H26FN3O/c1-4-18(17(11-21)14-5-7-24-8-6-14)23-19-10-15(20)9-16(12(19)2)13(3)22/h9-11,14H,3-8,21-22H2,1-2H3. The van der Waals surface area contributed by atoms with Crippen molar-refractivity contribution in [2.75, 3.05) is 13.2 Å². The maximum atomic E-state index is 13.9. The number of halogens is 1. The smallest absolute Gasteiger partial charge is 0.126 e. The van der Waals surface area contributed by atoms with Crippen LogP contribution in [-0.2, 0) is 4.74 Å². The largest absolute Gasteiger partial charge is 0.404 e. The van der Waals surface area contributed by atoms with E-state index < -0.39 is 0 Å². The Hall–Kier alpha value is -2.14. The highest BCUT2D eigenvalue weighted by atomic mass is 19.1. The monoisotopic (exact) mass is 331 g/mol. The first-order valence-electron chi connectivity index (χ1n) is 8.30. The van der Waals surface area contributed by atoms with E-state index in [1.807, 2.05) is 13.8 Å². The van der Waals surface area contributed by atoms with Crippen molar-refractivity contribution in [1.82, 2.24) is 0 Å². The highest BCUT2D eigenvalue weighted by molar-refractivity contribution is 6.02. The van der Waals surface area contributed by atoms with Gasteiger partial charge in [0.2, 0.25) is 0 Å².